The Morgan fingerprint density at radius 1 is 1.15 bits per heavy atom. The van der Waals surface area contributed by atoms with Crippen molar-refractivity contribution in [1.29, 1.82) is 0 Å². The highest BCUT2D eigenvalue weighted by atomic mass is 16.3. The molecule has 2 aromatic carbocycles. The lowest BCUT2D eigenvalue weighted by Crippen LogP contribution is -2.24. The van der Waals surface area contributed by atoms with Crippen LogP contribution in [-0.2, 0) is 6.54 Å². The number of fused-ring (bicyclic) bond motifs is 2. The summed E-state index contributed by atoms with van der Waals surface area (Å²) in [4.78, 5) is 32.2. The number of benzene rings is 2. The maximum Gasteiger partial charge on any atom is 0.287 e. The predicted molar refractivity (Wildman–Crippen MR) is 99.2 cm³/mol. The smallest absolute Gasteiger partial charge is 0.287 e. The number of imidazole rings is 1. The van der Waals surface area contributed by atoms with E-state index in [0.29, 0.717) is 16.8 Å². The van der Waals surface area contributed by atoms with Gasteiger partial charge in [0.05, 0.1) is 23.0 Å². The van der Waals surface area contributed by atoms with E-state index in [-0.39, 0.29) is 17.7 Å². The van der Waals surface area contributed by atoms with Crippen molar-refractivity contribution in [3.8, 4) is 0 Å². The van der Waals surface area contributed by atoms with Crippen LogP contribution >= 0.6 is 0 Å². The number of carbonyl (C=O) groups excluding carboxylic acids is 1. The van der Waals surface area contributed by atoms with Gasteiger partial charge in [-0.05, 0) is 49.2 Å². The van der Waals surface area contributed by atoms with Gasteiger partial charge in [-0.1, -0.05) is 12.1 Å². The van der Waals surface area contributed by atoms with Crippen molar-refractivity contribution in [2.24, 2.45) is 0 Å². The van der Waals surface area contributed by atoms with Crippen LogP contribution in [0.25, 0.3) is 22.0 Å². The monoisotopic (exact) mass is 347 g/mol. The fraction of sp³-hybridized carbons (Fsp3) is 0.150. The third-order valence-corrected chi connectivity index (χ3v) is 4.42. The minimum absolute atomic E-state index is 0.0122. The lowest BCUT2D eigenvalue weighted by atomic mass is 10.1. The Morgan fingerprint density at radius 2 is 1.92 bits per heavy atom. The number of nitrogens with one attached hydrogen (secondary N) is 2. The van der Waals surface area contributed by atoms with Crippen LogP contribution in [-0.4, -0.2) is 15.9 Å². The van der Waals surface area contributed by atoms with Crippen LogP contribution < -0.4 is 10.7 Å². The summed E-state index contributed by atoms with van der Waals surface area (Å²) in [6.07, 6.45) is 0. The molecule has 0 saturated heterocycles. The van der Waals surface area contributed by atoms with Gasteiger partial charge in [0.15, 0.2) is 11.2 Å². The molecular weight excluding hydrogens is 330 g/mol. The highest BCUT2D eigenvalue weighted by molar-refractivity contribution is 5.93. The SMILES string of the molecule is Cc1cc2oc(C(=O)NCc3nc4ccccc4[nH]3)cc(=O)c2cc1C. The maximum absolute atomic E-state index is 12.4. The van der Waals surface area contributed by atoms with Crippen molar-refractivity contribution in [1.82, 2.24) is 15.3 Å². The van der Waals surface area contributed by atoms with Crippen molar-refractivity contribution in [2.75, 3.05) is 0 Å². The second-order valence-corrected chi connectivity index (χ2v) is 6.29. The van der Waals surface area contributed by atoms with Gasteiger partial charge in [-0.2, -0.15) is 0 Å². The summed E-state index contributed by atoms with van der Waals surface area (Å²) >= 11 is 0. The zero-order valence-electron chi connectivity index (χ0n) is 14.4. The van der Waals surface area contributed by atoms with E-state index >= 15 is 0 Å². The van der Waals surface area contributed by atoms with Crippen molar-refractivity contribution in [3.63, 3.8) is 0 Å². The van der Waals surface area contributed by atoms with E-state index in [1.807, 2.05) is 38.1 Å². The molecule has 6 heteroatoms. The van der Waals surface area contributed by atoms with E-state index in [9.17, 15) is 9.59 Å². The molecule has 6 nitrogen and oxygen atoms in total. The molecule has 0 aliphatic rings. The fourth-order valence-electron chi connectivity index (χ4n) is 2.86. The van der Waals surface area contributed by atoms with E-state index in [1.165, 1.54) is 6.07 Å². The van der Waals surface area contributed by atoms with Gasteiger partial charge in [0, 0.05) is 6.07 Å². The Balaban J connectivity index is 1.59. The Hall–Kier alpha value is -3.41. The molecule has 130 valence electrons. The molecule has 0 aliphatic heterocycles. The summed E-state index contributed by atoms with van der Waals surface area (Å²) in [6.45, 7) is 4.08. The predicted octanol–water partition coefficient (Wildman–Crippen LogP) is 3.22. The van der Waals surface area contributed by atoms with Gasteiger partial charge in [-0.3, -0.25) is 9.59 Å². The first kappa shape index (κ1) is 16.1. The third-order valence-electron chi connectivity index (χ3n) is 4.42. The maximum atomic E-state index is 12.4. The molecule has 0 saturated carbocycles. The molecule has 0 atom stereocenters. The lowest BCUT2D eigenvalue weighted by molar-refractivity contribution is 0.0923. The van der Waals surface area contributed by atoms with Crippen LogP contribution in [0, 0.1) is 13.8 Å². The van der Waals surface area contributed by atoms with Crippen molar-refractivity contribution in [3.05, 3.63) is 75.4 Å². The van der Waals surface area contributed by atoms with Crippen LogP contribution in [0.3, 0.4) is 0 Å². The minimum atomic E-state index is -0.456. The Morgan fingerprint density at radius 3 is 2.73 bits per heavy atom. The molecular formula is C20H17N3O3. The standard InChI is InChI=1S/C20H17N3O3/c1-11-7-13-16(24)9-18(26-17(13)8-12(11)2)20(25)21-10-19-22-14-5-3-4-6-15(14)23-19/h3-9H,10H2,1-2H3,(H,21,25)(H,22,23). The van der Waals surface area contributed by atoms with E-state index in [4.69, 9.17) is 4.42 Å². The molecule has 26 heavy (non-hydrogen) atoms. The number of aromatic nitrogens is 2. The summed E-state index contributed by atoms with van der Waals surface area (Å²) in [5, 5.41) is 3.20. The molecule has 2 N–H and O–H groups in total. The Kier molecular flexibility index (Phi) is 3.80. The van der Waals surface area contributed by atoms with E-state index < -0.39 is 5.91 Å². The zero-order chi connectivity index (χ0) is 18.3. The molecule has 0 spiro atoms. The number of rotatable bonds is 3. The summed E-state index contributed by atoms with van der Waals surface area (Å²) in [7, 11) is 0. The lowest BCUT2D eigenvalue weighted by Gasteiger charge is -2.06. The van der Waals surface area contributed by atoms with Crippen LogP contribution in [0.4, 0.5) is 0 Å². The third kappa shape index (κ3) is 2.86. The van der Waals surface area contributed by atoms with Crippen LogP contribution in [0.5, 0.6) is 0 Å². The first-order chi connectivity index (χ1) is 12.5. The van der Waals surface area contributed by atoms with Crippen molar-refractivity contribution in [2.45, 2.75) is 20.4 Å². The second-order valence-electron chi connectivity index (χ2n) is 6.29. The summed E-state index contributed by atoms with van der Waals surface area (Å²) in [5.41, 5.74) is 3.92. The average molecular weight is 347 g/mol. The molecule has 1 amide bonds. The number of hydrogen-bond donors (Lipinski definition) is 2. The first-order valence-electron chi connectivity index (χ1n) is 8.28. The number of H-pyrrole nitrogens is 1. The molecule has 0 bridgehead atoms. The molecule has 0 fully saturated rings. The normalized spacial score (nSPS) is 11.2. The van der Waals surface area contributed by atoms with E-state index in [0.717, 1.165) is 22.2 Å². The first-order valence-corrected chi connectivity index (χ1v) is 8.28. The van der Waals surface area contributed by atoms with E-state index in [2.05, 4.69) is 15.3 Å². The zero-order valence-corrected chi connectivity index (χ0v) is 14.4. The second kappa shape index (κ2) is 6.15. The Labute approximate surface area is 148 Å². The van der Waals surface area contributed by atoms with Crippen LogP contribution in [0.1, 0.15) is 27.5 Å². The molecule has 2 heterocycles. The topological polar surface area (TPSA) is 88.0 Å². The summed E-state index contributed by atoms with van der Waals surface area (Å²) in [6, 6.07) is 12.4. The molecule has 4 rings (SSSR count). The highest BCUT2D eigenvalue weighted by Gasteiger charge is 2.14. The largest absolute Gasteiger partial charge is 0.451 e. The fourth-order valence-corrected chi connectivity index (χ4v) is 2.86. The molecule has 2 aromatic heterocycles. The average Bonchev–Trinajstić information content (AvgIpc) is 3.04. The van der Waals surface area contributed by atoms with Gasteiger partial charge in [0.1, 0.15) is 11.4 Å². The minimum Gasteiger partial charge on any atom is -0.451 e. The summed E-state index contributed by atoms with van der Waals surface area (Å²) in [5.74, 6) is 0.165. The highest BCUT2D eigenvalue weighted by Crippen LogP contribution is 2.18. The number of amides is 1. The molecule has 0 aliphatic carbocycles. The Bertz CT molecular complexity index is 1170. The van der Waals surface area contributed by atoms with Gasteiger partial charge in [-0.15, -0.1) is 0 Å². The van der Waals surface area contributed by atoms with E-state index in [1.54, 1.807) is 12.1 Å². The number of para-hydroxylation sites is 2. The number of aryl methyl sites for hydroxylation is 2. The molecule has 4 aromatic rings. The number of aromatic amines is 1. The van der Waals surface area contributed by atoms with Crippen LogP contribution in [0.2, 0.25) is 0 Å². The number of hydrogen-bond acceptors (Lipinski definition) is 4. The molecule has 0 unspecified atom stereocenters. The van der Waals surface area contributed by atoms with Crippen molar-refractivity contribution < 1.29 is 9.21 Å². The van der Waals surface area contributed by atoms with Gasteiger partial charge < -0.3 is 14.7 Å². The number of carbonyl (C=O) groups is 1. The van der Waals surface area contributed by atoms with Crippen LogP contribution in [0.15, 0.2) is 51.7 Å². The number of nitrogens with zero attached hydrogens (tertiary/aromatic N) is 1. The van der Waals surface area contributed by atoms with Gasteiger partial charge in [-0.25, -0.2) is 4.98 Å². The van der Waals surface area contributed by atoms with Gasteiger partial charge in [0.25, 0.3) is 5.91 Å². The quantitative estimate of drug-likeness (QED) is 0.596. The van der Waals surface area contributed by atoms with Gasteiger partial charge in [0.2, 0.25) is 0 Å². The van der Waals surface area contributed by atoms with Gasteiger partial charge >= 0.3 is 0 Å². The molecule has 0 radical (unpaired) electrons. The summed E-state index contributed by atoms with van der Waals surface area (Å²) < 4.78 is 5.64. The van der Waals surface area contributed by atoms with Crippen molar-refractivity contribution >= 4 is 27.9 Å².